The highest BCUT2D eigenvalue weighted by atomic mass is 79.9. The molecule has 0 bridgehead atoms. The smallest absolute Gasteiger partial charge is 0.274 e. The molecule has 1 aromatic carbocycles. The van der Waals surface area contributed by atoms with Gasteiger partial charge >= 0.3 is 0 Å². The molecule has 0 aliphatic carbocycles. The summed E-state index contributed by atoms with van der Waals surface area (Å²) in [6.07, 6.45) is 0. The number of nitro benzene ring substituents is 1. The highest BCUT2D eigenvalue weighted by Gasteiger charge is 2.13. The van der Waals surface area contributed by atoms with Crippen molar-refractivity contribution in [2.24, 2.45) is 0 Å². The summed E-state index contributed by atoms with van der Waals surface area (Å²) in [5.41, 5.74) is -0.00453. The van der Waals surface area contributed by atoms with Crippen LogP contribution in [-0.2, 0) is 16.8 Å². The average molecular weight is 279 g/mol. The van der Waals surface area contributed by atoms with E-state index in [0.29, 0.717) is 4.47 Å². The number of rotatable bonds is 3. The van der Waals surface area contributed by atoms with Crippen LogP contribution in [0.2, 0.25) is 0 Å². The van der Waals surface area contributed by atoms with Crippen LogP contribution in [0.25, 0.3) is 0 Å². The van der Waals surface area contributed by atoms with Gasteiger partial charge in [-0.3, -0.25) is 14.3 Å². The monoisotopic (exact) mass is 278 g/mol. The van der Waals surface area contributed by atoms with Gasteiger partial charge in [0.15, 0.2) is 0 Å². The van der Waals surface area contributed by atoms with Gasteiger partial charge in [-0.15, -0.1) is 0 Å². The van der Waals surface area contributed by atoms with Gasteiger partial charge in [0.2, 0.25) is 0 Å². The molecule has 1 rings (SSSR count). The molecule has 0 amide bonds. The Hall–Kier alpha value is -0.790. The summed E-state index contributed by atoms with van der Waals surface area (Å²) in [5, 5.41) is 10.5. The summed E-state index contributed by atoms with van der Waals surface area (Å²) in [6.45, 7) is 0. The number of hydrogen-bond donors (Lipinski definition) is 0. The van der Waals surface area contributed by atoms with Crippen molar-refractivity contribution in [3.05, 3.63) is 38.3 Å². The second-order valence-electron chi connectivity index (χ2n) is 2.48. The van der Waals surface area contributed by atoms with E-state index in [1.807, 2.05) is 0 Å². The molecule has 1 aromatic rings. The lowest BCUT2D eigenvalue weighted by atomic mass is 10.2. The van der Waals surface area contributed by atoms with Crippen molar-refractivity contribution in [3.8, 4) is 0 Å². The van der Waals surface area contributed by atoms with Gasteiger partial charge in [-0.1, -0.05) is 33.1 Å². The minimum absolute atomic E-state index is 0.187. The van der Waals surface area contributed by atoms with E-state index >= 15 is 0 Å². The van der Waals surface area contributed by atoms with Gasteiger partial charge in [-0.25, -0.2) is 0 Å². The second kappa shape index (κ2) is 4.63. The lowest BCUT2D eigenvalue weighted by Crippen LogP contribution is -1.99. The molecule has 0 aromatic heterocycles. The summed E-state index contributed by atoms with van der Waals surface area (Å²) in [5.74, 6) is -0.344. The van der Waals surface area contributed by atoms with E-state index < -0.39 is 16.0 Å². The van der Waals surface area contributed by atoms with Gasteiger partial charge in [0.1, 0.15) is 0 Å². The summed E-state index contributed by atoms with van der Waals surface area (Å²) in [6, 6.07) is 4.26. The minimum Gasteiger partial charge on any atom is -0.772 e. The molecule has 0 fully saturated rings. The van der Waals surface area contributed by atoms with Crippen LogP contribution in [0.15, 0.2) is 22.7 Å². The number of halogens is 1. The highest BCUT2D eigenvalue weighted by molar-refractivity contribution is 9.10. The number of nitrogens with zero attached hydrogens (tertiary/aromatic N) is 1. The van der Waals surface area contributed by atoms with Crippen molar-refractivity contribution < 1.29 is 13.7 Å². The Balaban J connectivity index is 3.14. The Morgan fingerprint density at radius 3 is 2.64 bits per heavy atom. The first-order chi connectivity index (χ1) is 6.50. The predicted octanol–water partition coefficient (Wildman–Crippen LogP) is 1.74. The summed E-state index contributed by atoms with van der Waals surface area (Å²) in [4.78, 5) is 9.93. The first-order valence-corrected chi connectivity index (χ1v) is 5.53. The summed E-state index contributed by atoms with van der Waals surface area (Å²) >= 11 is 0.753. The van der Waals surface area contributed by atoms with Crippen molar-refractivity contribution in [2.75, 3.05) is 0 Å². The van der Waals surface area contributed by atoms with E-state index in [4.69, 9.17) is 0 Å². The van der Waals surface area contributed by atoms with Crippen molar-refractivity contribution in [1.82, 2.24) is 0 Å². The molecule has 1 atom stereocenters. The summed E-state index contributed by atoms with van der Waals surface area (Å²) in [7, 11) is 0. The molecule has 0 heterocycles. The Morgan fingerprint density at radius 1 is 1.50 bits per heavy atom. The summed E-state index contributed by atoms with van der Waals surface area (Å²) < 4.78 is 21.3. The number of nitro groups is 1. The standard InChI is InChI=1S/C7H6BrNO4S/c8-6-2-1-5(4-14(12)13)7(3-6)9(10)11/h1-3H,4H2,(H,12,13)/p-1. The maximum Gasteiger partial charge on any atom is 0.274 e. The first kappa shape index (κ1) is 11.3. The molecular weight excluding hydrogens is 274 g/mol. The van der Waals surface area contributed by atoms with Crippen LogP contribution in [0, 0.1) is 10.1 Å². The van der Waals surface area contributed by atoms with E-state index in [0.717, 1.165) is 0 Å². The number of hydrogen-bond acceptors (Lipinski definition) is 4. The van der Waals surface area contributed by atoms with E-state index in [-0.39, 0.29) is 17.0 Å². The molecule has 0 aliphatic rings. The fourth-order valence-corrected chi connectivity index (χ4v) is 1.80. The fourth-order valence-electron chi connectivity index (χ4n) is 0.956. The van der Waals surface area contributed by atoms with Crippen LogP contribution >= 0.6 is 15.9 Å². The third-order valence-electron chi connectivity index (χ3n) is 1.52. The SMILES string of the molecule is O=[N+]([O-])c1cc(Br)ccc1CS(=O)[O-]. The van der Waals surface area contributed by atoms with Gasteiger partial charge in [0.05, 0.1) is 4.92 Å². The van der Waals surface area contributed by atoms with Crippen LogP contribution in [0.5, 0.6) is 0 Å². The Labute approximate surface area is 90.7 Å². The van der Waals surface area contributed by atoms with Gasteiger partial charge in [0, 0.05) is 21.9 Å². The molecule has 76 valence electrons. The van der Waals surface area contributed by atoms with E-state index in [9.17, 15) is 18.9 Å². The van der Waals surface area contributed by atoms with Crippen molar-refractivity contribution in [2.45, 2.75) is 5.75 Å². The number of benzene rings is 1. The predicted molar refractivity (Wildman–Crippen MR) is 53.4 cm³/mol. The van der Waals surface area contributed by atoms with Crippen molar-refractivity contribution >= 4 is 32.7 Å². The zero-order valence-electron chi connectivity index (χ0n) is 6.81. The van der Waals surface area contributed by atoms with Crippen LogP contribution in [-0.4, -0.2) is 13.7 Å². The van der Waals surface area contributed by atoms with Gasteiger partial charge < -0.3 is 4.55 Å². The molecule has 0 saturated carbocycles. The molecule has 7 heteroatoms. The molecule has 0 aliphatic heterocycles. The maximum atomic E-state index is 10.5. The van der Waals surface area contributed by atoms with Crippen LogP contribution < -0.4 is 0 Å². The Bertz CT molecular complexity index is 395. The van der Waals surface area contributed by atoms with Gasteiger partial charge in [-0.2, -0.15) is 0 Å². The lowest BCUT2D eigenvalue weighted by Gasteiger charge is -2.05. The zero-order valence-corrected chi connectivity index (χ0v) is 9.21. The second-order valence-corrected chi connectivity index (χ2v) is 4.29. The average Bonchev–Trinajstić information content (AvgIpc) is 2.07. The molecule has 0 saturated heterocycles. The van der Waals surface area contributed by atoms with Crippen molar-refractivity contribution in [1.29, 1.82) is 0 Å². The fraction of sp³-hybridized carbons (Fsp3) is 0.143. The van der Waals surface area contributed by atoms with Crippen molar-refractivity contribution in [3.63, 3.8) is 0 Å². The normalized spacial score (nSPS) is 12.4. The van der Waals surface area contributed by atoms with E-state index in [2.05, 4.69) is 15.9 Å². The largest absolute Gasteiger partial charge is 0.772 e. The molecule has 1 unspecified atom stereocenters. The molecule has 14 heavy (non-hydrogen) atoms. The molecular formula is C7H5BrNO4S-. The Kier molecular flexibility index (Phi) is 3.73. The Morgan fingerprint density at radius 2 is 2.14 bits per heavy atom. The van der Waals surface area contributed by atoms with E-state index in [1.165, 1.54) is 12.1 Å². The van der Waals surface area contributed by atoms with Crippen LogP contribution in [0.3, 0.4) is 0 Å². The third-order valence-corrected chi connectivity index (χ3v) is 2.56. The van der Waals surface area contributed by atoms with Crippen LogP contribution in [0.1, 0.15) is 5.56 Å². The first-order valence-electron chi connectivity index (χ1n) is 3.49. The maximum absolute atomic E-state index is 10.5. The topological polar surface area (TPSA) is 83.3 Å². The molecule has 5 nitrogen and oxygen atoms in total. The van der Waals surface area contributed by atoms with E-state index in [1.54, 1.807) is 6.07 Å². The minimum atomic E-state index is -2.32. The van der Waals surface area contributed by atoms with Crippen LogP contribution in [0.4, 0.5) is 5.69 Å². The zero-order chi connectivity index (χ0) is 10.7. The third kappa shape index (κ3) is 2.86. The molecule has 0 spiro atoms. The molecule has 0 N–H and O–H groups in total. The molecule has 0 radical (unpaired) electrons. The lowest BCUT2D eigenvalue weighted by molar-refractivity contribution is -0.385. The van der Waals surface area contributed by atoms with Gasteiger partial charge in [0.25, 0.3) is 5.69 Å². The highest BCUT2D eigenvalue weighted by Crippen LogP contribution is 2.24. The quantitative estimate of drug-likeness (QED) is 0.479. The van der Waals surface area contributed by atoms with Gasteiger partial charge in [-0.05, 0) is 6.07 Å².